The van der Waals surface area contributed by atoms with Gasteiger partial charge in [-0.25, -0.2) is 4.98 Å². The topological polar surface area (TPSA) is 55.5 Å². The molecule has 304 valence electrons. The van der Waals surface area contributed by atoms with E-state index in [2.05, 4.69) is 176 Å². The van der Waals surface area contributed by atoms with Gasteiger partial charge in [0.15, 0.2) is 0 Å². The lowest BCUT2D eigenvalue weighted by Crippen LogP contribution is -2.54. The van der Waals surface area contributed by atoms with E-state index in [4.69, 9.17) is 19.7 Å². The number of aromatic nitrogens is 3. The standard InChI is InChI=1S/C55H53N5O/c1-33-16-18-47-40(24-33)32-54(9)55(47,10)58-51(60(54)50-36(4)22-35(3)23-37(50)5)39-26-38(48-15-11-12-20-56-48)27-43(28-39)61-44-30-41(53(6,7)8)29-42(31-44)59-49-19-17-34(2)25-46(49)45-14-13-21-57-52(45)59/h11-31H,32H2,1-10H3/t54-,55+/m0/s1. The summed E-state index contributed by atoms with van der Waals surface area (Å²) in [6.07, 6.45) is 4.61. The molecule has 1 aliphatic carbocycles. The van der Waals surface area contributed by atoms with Crippen LogP contribution >= 0.6 is 0 Å². The number of nitrogens with zero attached hydrogens (tertiary/aromatic N) is 5. The second-order valence-electron chi connectivity index (χ2n) is 19.0. The fourth-order valence-electron chi connectivity index (χ4n) is 10.3. The van der Waals surface area contributed by atoms with E-state index in [1.165, 1.54) is 55.6 Å². The predicted molar refractivity (Wildman–Crippen MR) is 252 cm³/mol. The van der Waals surface area contributed by atoms with Crippen LogP contribution in [0, 0.1) is 34.6 Å². The van der Waals surface area contributed by atoms with E-state index < -0.39 is 5.54 Å². The number of pyridine rings is 2. The summed E-state index contributed by atoms with van der Waals surface area (Å²) < 4.78 is 9.42. The van der Waals surface area contributed by atoms with E-state index in [0.29, 0.717) is 0 Å². The van der Waals surface area contributed by atoms with Crippen LogP contribution in [0.3, 0.4) is 0 Å². The van der Waals surface area contributed by atoms with E-state index in [-0.39, 0.29) is 11.0 Å². The van der Waals surface area contributed by atoms with E-state index in [9.17, 15) is 0 Å². The SMILES string of the molecule is Cc1cc(C)c(N2C(c3cc(Oc4cc(-n5c6ccc(C)cc6c6cccnc65)cc(C(C)(C)C)c4)cc(-c4ccccn4)c3)=N[C@]3(C)c4ccc(C)cc4C[C@]23C)c(C)c1. The number of fused-ring (bicyclic) bond motifs is 6. The van der Waals surface area contributed by atoms with E-state index in [1.807, 2.05) is 30.6 Å². The number of hydrogen-bond acceptors (Lipinski definition) is 5. The average molecular weight is 800 g/mol. The van der Waals surface area contributed by atoms with Gasteiger partial charge in [-0.2, -0.15) is 0 Å². The molecule has 0 spiro atoms. The minimum atomic E-state index is -0.498. The molecular weight excluding hydrogens is 747 g/mol. The van der Waals surface area contributed by atoms with Crippen LogP contribution < -0.4 is 9.64 Å². The van der Waals surface area contributed by atoms with Crippen molar-refractivity contribution >= 4 is 33.5 Å². The van der Waals surface area contributed by atoms with E-state index in [1.54, 1.807) is 0 Å². The molecule has 2 aliphatic rings. The summed E-state index contributed by atoms with van der Waals surface area (Å²) in [6.45, 7) is 22.5. The number of amidine groups is 1. The summed E-state index contributed by atoms with van der Waals surface area (Å²) in [5, 5.41) is 2.31. The number of benzene rings is 5. The Hall–Kier alpha value is -6.53. The zero-order valence-corrected chi connectivity index (χ0v) is 37.0. The molecule has 2 atom stereocenters. The Labute approximate surface area is 359 Å². The van der Waals surface area contributed by atoms with Crippen LogP contribution in [0.2, 0.25) is 0 Å². The molecule has 0 N–H and O–H groups in total. The normalized spacial score (nSPS) is 18.5. The molecule has 3 aromatic heterocycles. The number of anilines is 1. The fourth-order valence-corrected chi connectivity index (χ4v) is 10.3. The molecule has 5 aromatic carbocycles. The van der Waals surface area contributed by atoms with Crippen molar-refractivity contribution in [3.63, 3.8) is 0 Å². The van der Waals surface area contributed by atoms with Crippen molar-refractivity contribution in [1.82, 2.24) is 14.5 Å². The molecule has 0 saturated carbocycles. The summed E-state index contributed by atoms with van der Waals surface area (Å²) in [5.41, 5.74) is 16.1. The molecule has 6 nitrogen and oxygen atoms in total. The summed E-state index contributed by atoms with van der Waals surface area (Å²) in [5.74, 6) is 2.40. The van der Waals surface area contributed by atoms with Crippen molar-refractivity contribution in [1.29, 1.82) is 0 Å². The maximum atomic E-state index is 7.14. The summed E-state index contributed by atoms with van der Waals surface area (Å²) in [6, 6.07) is 41.6. The average Bonchev–Trinajstić information content (AvgIpc) is 3.74. The number of aliphatic imine (C=N–C) groups is 1. The molecule has 0 saturated heterocycles. The second-order valence-corrected chi connectivity index (χ2v) is 19.0. The molecule has 10 rings (SSSR count). The first-order valence-corrected chi connectivity index (χ1v) is 21.5. The highest BCUT2D eigenvalue weighted by Crippen LogP contribution is 2.57. The lowest BCUT2D eigenvalue weighted by atomic mass is 9.79. The molecule has 6 heteroatoms. The number of aryl methyl sites for hydroxylation is 5. The number of hydrogen-bond donors (Lipinski definition) is 0. The predicted octanol–water partition coefficient (Wildman–Crippen LogP) is 13.4. The molecule has 4 heterocycles. The molecule has 0 amide bonds. The first-order chi connectivity index (χ1) is 29.1. The molecular formula is C55H53N5O. The Kier molecular flexibility index (Phi) is 8.71. The van der Waals surface area contributed by atoms with Crippen molar-refractivity contribution in [3.05, 3.63) is 178 Å². The molecule has 0 radical (unpaired) electrons. The van der Waals surface area contributed by atoms with Crippen LogP contribution in [0.1, 0.15) is 84.7 Å². The maximum absolute atomic E-state index is 7.14. The Balaban J connectivity index is 1.18. The first kappa shape index (κ1) is 38.7. The highest BCUT2D eigenvalue weighted by molar-refractivity contribution is 6.15. The van der Waals surface area contributed by atoms with Crippen LogP contribution in [0.25, 0.3) is 38.9 Å². The van der Waals surface area contributed by atoms with Crippen molar-refractivity contribution in [3.8, 4) is 28.4 Å². The van der Waals surface area contributed by atoms with Crippen molar-refractivity contribution < 1.29 is 4.74 Å². The minimum absolute atomic E-state index is 0.155. The quantitative estimate of drug-likeness (QED) is 0.168. The molecule has 61 heavy (non-hydrogen) atoms. The lowest BCUT2D eigenvalue weighted by molar-refractivity contribution is 0.321. The first-order valence-electron chi connectivity index (χ1n) is 21.5. The minimum Gasteiger partial charge on any atom is -0.457 e. The van der Waals surface area contributed by atoms with Crippen molar-refractivity contribution in [2.24, 2.45) is 4.99 Å². The van der Waals surface area contributed by atoms with Gasteiger partial charge in [0.1, 0.15) is 28.5 Å². The van der Waals surface area contributed by atoms with Gasteiger partial charge in [0.05, 0.1) is 22.4 Å². The highest BCUT2D eigenvalue weighted by atomic mass is 16.5. The summed E-state index contributed by atoms with van der Waals surface area (Å²) in [7, 11) is 0. The summed E-state index contributed by atoms with van der Waals surface area (Å²) >= 11 is 0. The monoisotopic (exact) mass is 799 g/mol. The lowest BCUT2D eigenvalue weighted by Gasteiger charge is -2.43. The molecule has 8 aromatic rings. The molecule has 0 fully saturated rings. The zero-order valence-electron chi connectivity index (χ0n) is 37.0. The molecule has 0 bridgehead atoms. The fraction of sp³-hybridized carbons (Fsp3) is 0.255. The third-order valence-corrected chi connectivity index (χ3v) is 13.3. The molecule has 0 unspecified atom stereocenters. The van der Waals surface area contributed by atoms with Gasteiger partial charge in [-0.3, -0.25) is 14.5 Å². The van der Waals surface area contributed by atoms with Gasteiger partial charge >= 0.3 is 0 Å². The van der Waals surface area contributed by atoms with Gasteiger partial charge in [-0.05, 0) is 155 Å². The highest BCUT2D eigenvalue weighted by Gasteiger charge is 2.61. The maximum Gasteiger partial charge on any atom is 0.145 e. The largest absolute Gasteiger partial charge is 0.457 e. The third kappa shape index (κ3) is 6.17. The van der Waals surface area contributed by atoms with Crippen molar-refractivity contribution in [2.45, 2.75) is 92.2 Å². The van der Waals surface area contributed by atoms with Crippen LogP contribution in [0.5, 0.6) is 11.5 Å². The van der Waals surface area contributed by atoms with Gasteiger partial charge in [0, 0.05) is 46.0 Å². The summed E-state index contributed by atoms with van der Waals surface area (Å²) in [4.78, 5) is 18.2. The zero-order chi connectivity index (χ0) is 42.6. The Bertz CT molecular complexity index is 3090. The van der Waals surface area contributed by atoms with Crippen LogP contribution in [-0.4, -0.2) is 25.9 Å². The van der Waals surface area contributed by atoms with Gasteiger partial charge < -0.3 is 9.64 Å². The van der Waals surface area contributed by atoms with Crippen LogP contribution in [0.15, 0.2) is 133 Å². The van der Waals surface area contributed by atoms with Crippen LogP contribution in [0.4, 0.5) is 5.69 Å². The third-order valence-electron chi connectivity index (χ3n) is 13.3. The smallest absolute Gasteiger partial charge is 0.145 e. The molecule has 1 aliphatic heterocycles. The Morgan fingerprint density at radius 2 is 1.36 bits per heavy atom. The van der Waals surface area contributed by atoms with Gasteiger partial charge in [0.25, 0.3) is 0 Å². The number of ether oxygens (including phenoxy) is 1. The van der Waals surface area contributed by atoms with Gasteiger partial charge in [0.2, 0.25) is 0 Å². The van der Waals surface area contributed by atoms with E-state index in [0.717, 1.165) is 62.8 Å². The van der Waals surface area contributed by atoms with E-state index >= 15 is 0 Å². The van der Waals surface area contributed by atoms with Gasteiger partial charge in [-0.1, -0.05) is 79.9 Å². The Morgan fingerprint density at radius 3 is 2.11 bits per heavy atom. The Morgan fingerprint density at radius 1 is 0.639 bits per heavy atom. The van der Waals surface area contributed by atoms with Crippen molar-refractivity contribution in [2.75, 3.05) is 4.90 Å². The number of rotatable bonds is 6. The van der Waals surface area contributed by atoms with Gasteiger partial charge in [-0.15, -0.1) is 0 Å². The second kappa shape index (κ2) is 13.8. The van der Waals surface area contributed by atoms with Crippen LogP contribution in [-0.2, 0) is 17.4 Å².